The smallest absolute Gasteiger partial charge is 0.157 e. The summed E-state index contributed by atoms with van der Waals surface area (Å²) in [7, 11) is 0. The Hall–Kier alpha value is -0.0800. The first-order chi connectivity index (χ1) is 8.43. The Morgan fingerprint density at radius 2 is 1.29 bits per heavy atom. The Balaban J connectivity index is 1.75. The Morgan fingerprint density at radius 1 is 0.765 bits per heavy atom. The summed E-state index contributed by atoms with van der Waals surface area (Å²) in [6, 6.07) is 0. The van der Waals surface area contributed by atoms with Crippen molar-refractivity contribution >= 4 is 0 Å². The van der Waals surface area contributed by atoms with Gasteiger partial charge in [0.1, 0.15) is 0 Å². The lowest BCUT2D eigenvalue weighted by Crippen LogP contribution is -2.24. The molecule has 0 atom stereocenters. The van der Waals surface area contributed by atoms with Gasteiger partial charge in [-0.25, -0.2) is 0 Å². The van der Waals surface area contributed by atoms with Gasteiger partial charge in [0.2, 0.25) is 0 Å². The molecule has 0 aliphatic carbocycles. The van der Waals surface area contributed by atoms with E-state index < -0.39 is 0 Å². The highest BCUT2D eigenvalue weighted by Gasteiger charge is 2.12. The van der Waals surface area contributed by atoms with E-state index in [4.69, 9.17) is 9.47 Å². The van der Waals surface area contributed by atoms with Crippen molar-refractivity contribution in [2.75, 3.05) is 13.2 Å². The van der Waals surface area contributed by atoms with E-state index in [9.17, 15) is 0 Å². The molecule has 1 saturated heterocycles. The van der Waals surface area contributed by atoms with Crippen LogP contribution in [0.25, 0.3) is 0 Å². The minimum Gasteiger partial charge on any atom is -0.353 e. The molecule has 2 heteroatoms. The first kappa shape index (κ1) is 15.0. The van der Waals surface area contributed by atoms with E-state index in [1.54, 1.807) is 0 Å². The second-order valence-corrected chi connectivity index (χ2v) is 5.14. The number of unbranched alkanes of at least 4 members (excludes halogenated alkanes) is 8. The van der Waals surface area contributed by atoms with Crippen LogP contribution in [-0.2, 0) is 9.47 Å². The fourth-order valence-electron chi connectivity index (χ4n) is 2.32. The lowest BCUT2D eigenvalue weighted by Gasteiger charge is -2.22. The van der Waals surface area contributed by atoms with E-state index in [1.807, 2.05) is 0 Å². The van der Waals surface area contributed by atoms with Gasteiger partial charge in [0.05, 0.1) is 13.2 Å². The van der Waals surface area contributed by atoms with Crippen molar-refractivity contribution in [2.45, 2.75) is 83.8 Å². The largest absolute Gasteiger partial charge is 0.353 e. The van der Waals surface area contributed by atoms with Crippen molar-refractivity contribution in [1.29, 1.82) is 0 Å². The molecule has 1 rings (SSSR count). The summed E-state index contributed by atoms with van der Waals surface area (Å²) in [6.45, 7) is 4.06. The Morgan fingerprint density at radius 3 is 1.88 bits per heavy atom. The van der Waals surface area contributed by atoms with Crippen molar-refractivity contribution in [1.82, 2.24) is 0 Å². The molecule has 0 bridgehead atoms. The van der Waals surface area contributed by atoms with Gasteiger partial charge < -0.3 is 9.47 Å². The Kier molecular flexibility index (Phi) is 9.72. The second-order valence-electron chi connectivity index (χ2n) is 5.14. The molecule has 0 aromatic rings. The normalized spacial score (nSPS) is 17.5. The summed E-state index contributed by atoms with van der Waals surface area (Å²) in [4.78, 5) is 0. The van der Waals surface area contributed by atoms with E-state index in [2.05, 4.69) is 6.92 Å². The lowest BCUT2D eigenvalue weighted by atomic mass is 10.1. The standard InChI is InChI=1S/C15H30O2/c1-2-3-4-5-6-7-8-9-10-12-15-16-13-11-14-17-15/h15H,2-14H2,1H3. The summed E-state index contributed by atoms with van der Waals surface area (Å²) in [6.07, 6.45) is 14.7. The highest BCUT2D eigenvalue weighted by molar-refractivity contribution is 4.53. The predicted molar refractivity (Wildman–Crippen MR) is 72.2 cm³/mol. The number of hydrogen-bond donors (Lipinski definition) is 0. The minimum atomic E-state index is 0.105. The zero-order valence-corrected chi connectivity index (χ0v) is 11.6. The topological polar surface area (TPSA) is 18.5 Å². The fraction of sp³-hybridized carbons (Fsp3) is 1.00. The highest BCUT2D eigenvalue weighted by Crippen LogP contribution is 2.14. The monoisotopic (exact) mass is 242 g/mol. The zero-order valence-electron chi connectivity index (χ0n) is 11.6. The number of rotatable bonds is 10. The molecule has 1 fully saturated rings. The van der Waals surface area contributed by atoms with Gasteiger partial charge in [0, 0.05) is 0 Å². The molecule has 102 valence electrons. The van der Waals surface area contributed by atoms with Gasteiger partial charge >= 0.3 is 0 Å². The van der Waals surface area contributed by atoms with Crippen molar-refractivity contribution in [2.24, 2.45) is 0 Å². The molecular formula is C15H30O2. The minimum absolute atomic E-state index is 0.105. The van der Waals surface area contributed by atoms with Gasteiger partial charge in [-0.2, -0.15) is 0 Å². The molecule has 0 N–H and O–H groups in total. The Labute approximate surface area is 107 Å². The highest BCUT2D eigenvalue weighted by atomic mass is 16.7. The third-order valence-corrected chi connectivity index (χ3v) is 3.44. The first-order valence-corrected chi connectivity index (χ1v) is 7.66. The molecule has 1 aliphatic heterocycles. The van der Waals surface area contributed by atoms with E-state index in [0.717, 1.165) is 26.1 Å². The molecule has 0 aromatic carbocycles. The van der Waals surface area contributed by atoms with Crippen molar-refractivity contribution < 1.29 is 9.47 Å². The van der Waals surface area contributed by atoms with E-state index in [0.29, 0.717) is 0 Å². The van der Waals surface area contributed by atoms with Crippen LogP contribution in [0.3, 0.4) is 0 Å². The predicted octanol–water partition coefficient (Wildman–Crippen LogP) is 4.67. The third-order valence-electron chi connectivity index (χ3n) is 3.44. The van der Waals surface area contributed by atoms with Crippen molar-refractivity contribution in [3.05, 3.63) is 0 Å². The molecular weight excluding hydrogens is 212 g/mol. The van der Waals surface area contributed by atoms with Gasteiger partial charge in [-0.15, -0.1) is 0 Å². The second kappa shape index (κ2) is 11.0. The molecule has 1 heterocycles. The molecule has 0 radical (unpaired) electrons. The molecule has 0 saturated carbocycles. The van der Waals surface area contributed by atoms with Crippen LogP contribution in [0.1, 0.15) is 77.6 Å². The molecule has 0 amide bonds. The van der Waals surface area contributed by atoms with Crippen LogP contribution in [-0.4, -0.2) is 19.5 Å². The molecule has 17 heavy (non-hydrogen) atoms. The van der Waals surface area contributed by atoms with E-state index in [1.165, 1.54) is 57.8 Å². The van der Waals surface area contributed by atoms with Crippen molar-refractivity contribution in [3.8, 4) is 0 Å². The molecule has 2 nitrogen and oxygen atoms in total. The van der Waals surface area contributed by atoms with Crippen LogP contribution in [0, 0.1) is 0 Å². The molecule has 0 aromatic heterocycles. The third kappa shape index (κ3) is 8.62. The number of hydrogen-bond acceptors (Lipinski definition) is 2. The average molecular weight is 242 g/mol. The lowest BCUT2D eigenvalue weighted by molar-refractivity contribution is -0.181. The van der Waals surface area contributed by atoms with Gasteiger partial charge in [-0.05, 0) is 19.3 Å². The summed E-state index contributed by atoms with van der Waals surface area (Å²) >= 11 is 0. The molecule has 0 spiro atoms. The average Bonchev–Trinajstić information content (AvgIpc) is 2.38. The van der Waals surface area contributed by atoms with Crippen LogP contribution in [0.15, 0.2) is 0 Å². The summed E-state index contributed by atoms with van der Waals surface area (Å²) in [5.41, 5.74) is 0. The van der Waals surface area contributed by atoms with Crippen LogP contribution in [0.5, 0.6) is 0 Å². The van der Waals surface area contributed by atoms with Crippen LogP contribution in [0.2, 0.25) is 0 Å². The summed E-state index contributed by atoms with van der Waals surface area (Å²) in [5, 5.41) is 0. The number of ether oxygens (including phenoxy) is 2. The van der Waals surface area contributed by atoms with Gasteiger partial charge in [-0.3, -0.25) is 0 Å². The molecule has 1 aliphatic rings. The fourth-order valence-corrected chi connectivity index (χ4v) is 2.32. The summed E-state index contributed by atoms with van der Waals surface area (Å²) in [5.74, 6) is 0. The SMILES string of the molecule is CCCCCCCCCCCC1OCCCO1. The maximum absolute atomic E-state index is 5.53. The molecule has 0 unspecified atom stereocenters. The van der Waals surface area contributed by atoms with Gasteiger partial charge in [0.25, 0.3) is 0 Å². The quantitative estimate of drug-likeness (QED) is 0.518. The van der Waals surface area contributed by atoms with Crippen LogP contribution in [0.4, 0.5) is 0 Å². The van der Waals surface area contributed by atoms with Gasteiger partial charge in [0.15, 0.2) is 6.29 Å². The zero-order chi connectivity index (χ0) is 12.2. The first-order valence-electron chi connectivity index (χ1n) is 7.66. The maximum atomic E-state index is 5.53. The van der Waals surface area contributed by atoms with E-state index >= 15 is 0 Å². The maximum Gasteiger partial charge on any atom is 0.157 e. The van der Waals surface area contributed by atoms with Gasteiger partial charge in [-0.1, -0.05) is 58.3 Å². The van der Waals surface area contributed by atoms with Crippen molar-refractivity contribution in [3.63, 3.8) is 0 Å². The Bertz CT molecular complexity index is 153. The van der Waals surface area contributed by atoms with Crippen LogP contribution >= 0.6 is 0 Å². The van der Waals surface area contributed by atoms with E-state index in [-0.39, 0.29) is 6.29 Å². The van der Waals surface area contributed by atoms with Crippen LogP contribution < -0.4 is 0 Å². The summed E-state index contributed by atoms with van der Waals surface area (Å²) < 4.78 is 11.1.